The largest absolute Gasteiger partial charge is 0.363 e. The van der Waals surface area contributed by atoms with E-state index in [4.69, 9.17) is 4.74 Å². The van der Waals surface area contributed by atoms with Crippen LogP contribution in [0, 0.1) is 0 Å². The summed E-state index contributed by atoms with van der Waals surface area (Å²) in [6.45, 7) is 3.36. The van der Waals surface area contributed by atoms with Crippen LogP contribution in [0.3, 0.4) is 0 Å². The minimum absolute atomic E-state index is 0.0398. The van der Waals surface area contributed by atoms with Gasteiger partial charge < -0.3 is 15.4 Å². The zero-order chi connectivity index (χ0) is 15.5. The first kappa shape index (κ1) is 15.7. The molecule has 0 atom stereocenters. The van der Waals surface area contributed by atoms with E-state index >= 15 is 0 Å². The molecular formula is C13H19N3O4S. The Bertz CT molecular complexity index is 626. The smallest absolute Gasteiger partial charge is 0.250 e. The number of ether oxygens (including phenoxy) is 1. The van der Waals surface area contributed by atoms with Crippen molar-refractivity contribution in [3.05, 3.63) is 24.3 Å². The molecule has 1 aromatic carbocycles. The summed E-state index contributed by atoms with van der Waals surface area (Å²) < 4.78 is 30.2. The van der Waals surface area contributed by atoms with E-state index in [0.717, 1.165) is 19.3 Å². The Morgan fingerprint density at radius 2 is 2.05 bits per heavy atom. The van der Waals surface area contributed by atoms with Gasteiger partial charge in [-0.3, -0.25) is 9.52 Å². The van der Waals surface area contributed by atoms with Gasteiger partial charge in [0.2, 0.25) is 15.9 Å². The number of benzene rings is 1. The van der Waals surface area contributed by atoms with Crippen molar-refractivity contribution in [1.82, 2.24) is 5.32 Å². The number of carbonyl (C=O) groups is 1. The minimum Gasteiger partial charge on any atom is -0.363 e. The number of hydrogen-bond donors (Lipinski definition) is 3. The fraction of sp³-hybridized carbons (Fsp3) is 0.462. The maximum Gasteiger partial charge on any atom is 0.250 e. The van der Waals surface area contributed by atoms with E-state index in [2.05, 4.69) is 15.4 Å². The predicted octanol–water partition coefficient (Wildman–Crippen LogP) is 0.375. The highest BCUT2D eigenvalue weighted by Gasteiger charge is 2.32. The van der Waals surface area contributed by atoms with Gasteiger partial charge in [0, 0.05) is 18.8 Å². The quantitative estimate of drug-likeness (QED) is 0.705. The van der Waals surface area contributed by atoms with Crippen LogP contribution < -0.4 is 15.4 Å². The fourth-order valence-electron chi connectivity index (χ4n) is 1.89. The number of anilines is 2. The third kappa shape index (κ3) is 5.00. The Kier molecular flexibility index (Phi) is 4.50. The Hall–Kier alpha value is -1.64. The van der Waals surface area contributed by atoms with Crippen LogP contribution in [0.2, 0.25) is 0 Å². The van der Waals surface area contributed by atoms with Gasteiger partial charge in [-0.05, 0) is 25.1 Å². The lowest BCUT2D eigenvalue weighted by Gasteiger charge is -2.38. The molecule has 0 radical (unpaired) electrons. The molecular weight excluding hydrogens is 294 g/mol. The van der Waals surface area contributed by atoms with Gasteiger partial charge in [-0.15, -0.1) is 0 Å². The van der Waals surface area contributed by atoms with Crippen LogP contribution in [0.4, 0.5) is 11.4 Å². The number of nitrogens with one attached hydrogen (secondary N) is 3. The SMILES string of the molecule is CC1(OCC(=O)Nc2cccc(NS(C)(=O)=O)c2)CNC1. The minimum atomic E-state index is -3.34. The van der Waals surface area contributed by atoms with Gasteiger partial charge in [0.1, 0.15) is 6.61 Å². The summed E-state index contributed by atoms with van der Waals surface area (Å²) >= 11 is 0. The lowest BCUT2D eigenvalue weighted by molar-refractivity contribution is -0.130. The van der Waals surface area contributed by atoms with Crippen LogP contribution >= 0.6 is 0 Å². The summed E-state index contributed by atoms with van der Waals surface area (Å²) in [6, 6.07) is 6.49. The van der Waals surface area contributed by atoms with Crippen molar-refractivity contribution >= 4 is 27.3 Å². The molecule has 7 nitrogen and oxygen atoms in total. The number of sulfonamides is 1. The highest BCUT2D eigenvalue weighted by Crippen LogP contribution is 2.17. The summed E-state index contributed by atoms with van der Waals surface area (Å²) in [6.07, 6.45) is 1.07. The number of hydrogen-bond acceptors (Lipinski definition) is 5. The van der Waals surface area contributed by atoms with Gasteiger partial charge in [0.25, 0.3) is 0 Å². The molecule has 2 rings (SSSR count). The molecule has 0 bridgehead atoms. The normalized spacial score (nSPS) is 16.9. The number of amides is 1. The van der Waals surface area contributed by atoms with Crippen LogP contribution in [-0.2, 0) is 19.6 Å². The van der Waals surface area contributed by atoms with Gasteiger partial charge in [0.05, 0.1) is 17.5 Å². The van der Waals surface area contributed by atoms with Crippen molar-refractivity contribution in [3.63, 3.8) is 0 Å². The predicted molar refractivity (Wildman–Crippen MR) is 80.8 cm³/mol. The zero-order valence-electron chi connectivity index (χ0n) is 12.0. The Labute approximate surface area is 124 Å². The Morgan fingerprint density at radius 1 is 1.38 bits per heavy atom. The van der Waals surface area contributed by atoms with E-state index in [-0.39, 0.29) is 18.1 Å². The molecule has 1 heterocycles. The first-order valence-corrected chi connectivity index (χ1v) is 8.37. The summed E-state index contributed by atoms with van der Waals surface area (Å²) in [5, 5.41) is 5.75. The molecule has 116 valence electrons. The Balaban J connectivity index is 1.90. The van der Waals surface area contributed by atoms with Gasteiger partial charge >= 0.3 is 0 Å². The molecule has 1 aromatic rings. The van der Waals surface area contributed by atoms with Gasteiger partial charge in [-0.1, -0.05) is 6.07 Å². The molecule has 8 heteroatoms. The second kappa shape index (κ2) is 6.00. The molecule has 3 N–H and O–H groups in total. The molecule has 1 aliphatic heterocycles. The molecule has 0 saturated carbocycles. The highest BCUT2D eigenvalue weighted by atomic mass is 32.2. The van der Waals surface area contributed by atoms with Crippen molar-refractivity contribution in [1.29, 1.82) is 0 Å². The van der Waals surface area contributed by atoms with E-state index in [1.165, 1.54) is 0 Å². The standard InChI is InChI=1S/C13H19N3O4S/c1-13(8-14-9-13)20-7-12(17)15-10-4-3-5-11(6-10)16-21(2,18)19/h3-6,14,16H,7-9H2,1-2H3,(H,15,17). The average molecular weight is 313 g/mol. The molecule has 1 saturated heterocycles. The molecule has 1 fully saturated rings. The van der Waals surface area contributed by atoms with E-state index in [1.807, 2.05) is 6.92 Å². The average Bonchev–Trinajstić information content (AvgIpc) is 2.32. The van der Waals surface area contributed by atoms with E-state index in [9.17, 15) is 13.2 Å². The topological polar surface area (TPSA) is 96.5 Å². The van der Waals surface area contributed by atoms with Crippen LogP contribution in [0.15, 0.2) is 24.3 Å². The fourth-order valence-corrected chi connectivity index (χ4v) is 2.45. The lowest BCUT2D eigenvalue weighted by Crippen LogP contribution is -2.59. The summed E-state index contributed by atoms with van der Waals surface area (Å²) in [4.78, 5) is 11.8. The molecule has 1 aliphatic rings. The summed E-state index contributed by atoms with van der Waals surface area (Å²) in [5.74, 6) is -0.278. The third-order valence-corrected chi connectivity index (χ3v) is 3.61. The molecule has 21 heavy (non-hydrogen) atoms. The number of carbonyl (C=O) groups excluding carboxylic acids is 1. The van der Waals surface area contributed by atoms with Crippen LogP contribution in [0.1, 0.15) is 6.92 Å². The molecule has 0 aliphatic carbocycles. The second-order valence-corrected chi connectivity index (χ2v) is 7.09. The van der Waals surface area contributed by atoms with Crippen molar-refractivity contribution < 1.29 is 17.9 Å². The first-order valence-electron chi connectivity index (χ1n) is 6.48. The molecule has 0 unspecified atom stereocenters. The lowest BCUT2D eigenvalue weighted by atomic mass is 10.0. The van der Waals surface area contributed by atoms with Gasteiger partial charge in [-0.2, -0.15) is 0 Å². The van der Waals surface area contributed by atoms with E-state index in [0.29, 0.717) is 11.4 Å². The van der Waals surface area contributed by atoms with Gasteiger partial charge in [-0.25, -0.2) is 8.42 Å². The maximum atomic E-state index is 11.8. The second-order valence-electron chi connectivity index (χ2n) is 5.35. The summed E-state index contributed by atoms with van der Waals surface area (Å²) in [7, 11) is -3.34. The van der Waals surface area contributed by atoms with Crippen molar-refractivity contribution in [2.45, 2.75) is 12.5 Å². The van der Waals surface area contributed by atoms with Crippen molar-refractivity contribution in [3.8, 4) is 0 Å². The van der Waals surface area contributed by atoms with Gasteiger partial charge in [0.15, 0.2) is 0 Å². The summed E-state index contributed by atoms with van der Waals surface area (Å²) in [5.41, 5.74) is 0.623. The maximum absolute atomic E-state index is 11.8. The molecule has 1 amide bonds. The third-order valence-electron chi connectivity index (χ3n) is 3.00. The Morgan fingerprint density at radius 3 is 2.62 bits per heavy atom. The molecule has 0 aromatic heterocycles. The highest BCUT2D eigenvalue weighted by molar-refractivity contribution is 7.92. The zero-order valence-corrected chi connectivity index (χ0v) is 12.8. The van der Waals surface area contributed by atoms with Crippen molar-refractivity contribution in [2.75, 3.05) is 36.0 Å². The van der Waals surface area contributed by atoms with E-state index in [1.54, 1.807) is 24.3 Å². The number of rotatable bonds is 6. The van der Waals surface area contributed by atoms with E-state index < -0.39 is 10.0 Å². The van der Waals surface area contributed by atoms with Crippen LogP contribution in [-0.4, -0.2) is 45.9 Å². The van der Waals surface area contributed by atoms with Crippen LogP contribution in [0.5, 0.6) is 0 Å². The first-order chi connectivity index (χ1) is 9.76. The monoisotopic (exact) mass is 313 g/mol. The molecule has 0 spiro atoms. The van der Waals surface area contributed by atoms with Crippen LogP contribution in [0.25, 0.3) is 0 Å². The van der Waals surface area contributed by atoms with Crippen molar-refractivity contribution in [2.24, 2.45) is 0 Å².